The van der Waals surface area contributed by atoms with Crippen molar-refractivity contribution in [1.82, 2.24) is 9.97 Å². The van der Waals surface area contributed by atoms with Crippen LogP contribution >= 0.6 is 0 Å². The summed E-state index contributed by atoms with van der Waals surface area (Å²) in [5, 5.41) is 2.75. The smallest absolute Gasteiger partial charge is 0.347 e. The molecule has 1 rings (SSSR count). The molecule has 1 heterocycles. The van der Waals surface area contributed by atoms with Crippen LogP contribution in [-0.4, -0.2) is 35.1 Å². The van der Waals surface area contributed by atoms with Crippen LogP contribution in [0.1, 0.15) is 25.2 Å². The maximum atomic E-state index is 11.7. The largest absolute Gasteiger partial charge is 0.462 e. The standard InChI is InChI=1S/C14H19N3O4/c1-5-20-13(18)11(14(19)21-6-2)7-16-12-8-15-9(3)10(4)17-12/h7-8H,5-6H2,1-4H3,(H,16,17). The number of aromatic nitrogens is 2. The number of carbonyl (C=O) groups is 2. The molecule has 0 unspecified atom stereocenters. The van der Waals surface area contributed by atoms with Crippen LogP contribution in [-0.2, 0) is 19.1 Å². The van der Waals surface area contributed by atoms with E-state index in [-0.39, 0.29) is 18.8 Å². The molecule has 0 bridgehead atoms. The molecule has 0 aliphatic rings. The first-order chi connectivity index (χ1) is 9.99. The summed E-state index contributed by atoms with van der Waals surface area (Å²) >= 11 is 0. The van der Waals surface area contributed by atoms with Crippen molar-refractivity contribution in [2.75, 3.05) is 18.5 Å². The zero-order valence-corrected chi connectivity index (χ0v) is 12.6. The lowest BCUT2D eigenvalue weighted by Gasteiger charge is -2.08. The Labute approximate surface area is 123 Å². The van der Waals surface area contributed by atoms with Gasteiger partial charge in [-0.25, -0.2) is 14.6 Å². The van der Waals surface area contributed by atoms with E-state index in [2.05, 4.69) is 15.3 Å². The normalized spacial score (nSPS) is 9.71. The molecule has 0 amide bonds. The minimum atomic E-state index is -0.750. The van der Waals surface area contributed by atoms with Gasteiger partial charge in [0.2, 0.25) is 0 Å². The molecule has 0 fully saturated rings. The van der Waals surface area contributed by atoms with Gasteiger partial charge in [-0.1, -0.05) is 0 Å². The molecule has 0 saturated carbocycles. The summed E-state index contributed by atoms with van der Waals surface area (Å²) in [5.74, 6) is -1.08. The molecule has 7 heteroatoms. The molecule has 1 aromatic rings. The molecule has 0 aromatic carbocycles. The van der Waals surface area contributed by atoms with Gasteiger partial charge in [0.25, 0.3) is 0 Å². The number of hydrogen-bond donors (Lipinski definition) is 1. The number of hydrogen-bond acceptors (Lipinski definition) is 7. The summed E-state index contributed by atoms with van der Waals surface area (Å²) in [6, 6.07) is 0. The summed E-state index contributed by atoms with van der Waals surface area (Å²) in [4.78, 5) is 31.8. The van der Waals surface area contributed by atoms with Crippen LogP contribution in [0, 0.1) is 13.8 Å². The second kappa shape index (κ2) is 7.98. The lowest BCUT2D eigenvalue weighted by Crippen LogP contribution is -2.19. The van der Waals surface area contributed by atoms with Crippen LogP contribution in [0.2, 0.25) is 0 Å². The summed E-state index contributed by atoms with van der Waals surface area (Å²) in [6.45, 7) is 7.29. The Morgan fingerprint density at radius 1 is 1.14 bits per heavy atom. The van der Waals surface area contributed by atoms with Gasteiger partial charge in [-0.05, 0) is 27.7 Å². The number of rotatable bonds is 6. The van der Waals surface area contributed by atoms with Crippen molar-refractivity contribution in [3.8, 4) is 0 Å². The molecule has 0 radical (unpaired) electrons. The van der Waals surface area contributed by atoms with Gasteiger partial charge in [0, 0.05) is 6.20 Å². The van der Waals surface area contributed by atoms with Crippen LogP contribution in [0.5, 0.6) is 0 Å². The van der Waals surface area contributed by atoms with E-state index in [9.17, 15) is 9.59 Å². The highest BCUT2D eigenvalue weighted by molar-refractivity contribution is 6.14. The zero-order chi connectivity index (χ0) is 15.8. The van der Waals surface area contributed by atoms with Gasteiger partial charge in [0.15, 0.2) is 5.57 Å². The lowest BCUT2D eigenvalue weighted by atomic mass is 10.3. The third-order valence-electron chi connectivity index (χ3n) is 2.55. The highest BCUT2D eigenvalue weighted by Crippen LogP contribution is 2.08. The Kier molecular flexibility index (Phi) is 6.32. The Balaban J connectivity index is 2.93. The van der Waals surface area contributed by atoms with E-state index in [0.29, 0.717) is 5.82 Å². The fraction of sp³-hybridized carbons (Fsp3) is 0.429. The van der Waals surface area contributed by atoms with Crippen molar-refractivity contribution in [1.29, 1.82) is 0 Å². The summed E-state index contributed by atoms with van der Waals surface area (Å²) < 4.78 is 9.64. The molecule has 1 aromatic heterocycles. The second-order valence-electron chi connectivity index (χ2n) is 4.07. The first kappa shape index (κ1) is 16.6. The minimum Gasteiger partial charge on any atom is -0.462 e. The third-order valence-corrected chi connectivity index (χ3v) is 2.55. The quantitative estimate of drug-likeness (QED) is 0.368. The summed E-state index contributed by atoms with van der Waals surface area (Å²) in [6.07, 6.45) is 2.72. The third kappa shape index (κ3) is 4.87. The average Bonchev–Trinajstić information content (AvgIpc) is 2.43. The van der Waals surface area contributed by atoms with Crippen LogP contribution in [0.3, 0.4) is 0 Å². The maximum absolute atomic E-state index is 11.7. The van der Waals surface area contributed by atoms with Gasteiger partial charge in [0.1, 0.15) is 5.82 Å². The van der Waals surface area contributed by atoms with Crippen LogP contribution < -0.4 is 5.32 Å². The van der Waals surface area contributed by atoms with E-state index in [4.69, 9.17) is 9.47 Å². The second-order valence-corrected chi connectivity index (χ2v) is 4.07. The molecule has 0 aliphatic carbocycles. The monoisotopic (exact) mass is 293 g/mol. The fourth-order valence-electron chi connectivity index (χ4n) is 1.38. The van der Waals surface area contributed by atoms with Crippen LogP contribution in [0.25, 0.3) is 0 Å². The number of nitrogens with one attached hydrogen (secondary N) is 1. The molecular weight excluding hydrogens is 274 g/mol. The van der Waals surface area contributed by atoms with Gasteiger partial charge < -0.3 is 14.8 Å². The van der Waals surface area contributed by atoms with Crippen molar-refractivity contribution < 1.29 is 19.1 Å². The van der Waals surface area contributed by atoms with Crippen molar-refractivity contribution in [3.63, 3.8) is 0 Å². The van der Waals surface area contributed by atoms with Crippen LogP contribution in [0.4, 0.5) is 5.82 Å². The van der Waals surface area contributed by atoms with E-state index in [1.165, 1.54) is 12.4 Å². The number of esters is 2. The zero-order valence-electron chi connectivity index (χ0n) is 12.6. The SMILES string of the molecule is CCOC(=O)C(=CNc1cnc(C)c(C)n1)C(=O)OCC. The van der Waals surface area contributed by atoms with Gasteiger partial charge >= 0.3 is 11.9 Å². The Bertz CT molecular complexity index is 535. The predicted octanol–water partition coefficient (Wildman–Crippen LogP) is 1.52. The topological polar surface area (TPSA) is 90.4 Å². The average molecular weight is 293 g/mol. The highest BCUT2D eigenvalue weighted by atomic mass is 16.6. The van der Waals surface area contributed by atoms with Gasteiger partial charge in [-0.15, -0.1) is 0 Å². The number of anilines is 1. The van der Waals surface area contributed by atoms with Crippen molar-refractivity contribution in [2.45, 2.75) is 27.7 Å². The van der Waals surface area contributed by atoms with E-state index < -0.39 is 11.9 Å². The number of ether oxygens (including phenoxy) is 2. The fourth-order valence-corrected chi connectivity index (χ4v) is 1.38. The molecule has 114 valence electrons. The summed E-state index contributed by atoms with van der Waals surface area (Å²) in [7, 11) is 0. The highest BCUT2D eigenvalue weighted by Gasteiger charge is 2.20. The molecule has 0 aliphatic heterocycles. The summed E-state index contributed by atoms with van der Waals surface area (Å²) in [5.41, 5.74) is 1.33. The Hall–Kier alpha value is -2.44. The van der Waals surface area contributed by atoms with E-state index in [0.717, 1.165) is 11.4 Å². The van der Waals surface area contributed by atoms with E-state index in [1.807, 2.05) is 13.8 Å². The van der Waals surface area contributed by atoms with Crippen molar-refractivity contribution >= 4 is 17.8 Å². The minimum absolute atomic E-state index is 0.166. The van der Waals surface area contributed by atoms with Gasteiger partial charge in [-0.2, -0.15) is 0 Å². The number of nitrogens with zero attached hydrogens (tertiary/aromatic N) is 2. The molecule has 0 spiro atoms. The molecular formula is C14H19N3O4. The lowest BCUT2D eigenvalue weighted by molar-refractivity contribution is -0.146. The van der Waals surface area contributed by atoms with Crippen molar-refractivity contribution in [3.05, 3.63) is 29.4 Å². The van der Waals surface area contributed by atoms with Gasteiger partial charge in [0.05, 0.1) is 30.8 Å². The predicted molar refractivity (Wildman–Crippen MR) is 76.5 cm³/mol. The Morgan fingerprint density at radius 3 is 2.19 bits per heavy atom. The first-order valence-electron chi connectivity index (χ1n) is 6.60. The first-order valence-corrected chi connectivity index (χ1v) is 6.60. The number of aryl methyl sites for hydroxylation is 2. The van der Waals surface area contributed by atoms with E-state index >= 15 is 0 Å². The molecule has 0 saturated heterocycles. The van der Waals surface area contributed by atoms with Gasteiger partial charge in [-0.3, -0.25) is 4.98 Å². The Morgan fingerprint density at radius 2 is 1.71 bits per heavy atom. The maximum Gasteiger partial charge on any atom is 0.347 e. The molecule has 7 nitrogen and oxygen atoms in total. The molecule has 21 heavy (non-hydrogen) atoms. The van der Waals surface area contributed by atoms with Crippen LogP contribution in [0.15, 0.2) is 18.0 Å². The molecule has 1 N–H and O–H groups in total. The van der Waals surface area contributed by atoms with Crippen molar-refractivity contribution in [2.24, 2.45) is 0 Å². The number of carbonyl (C=O) groups excluding carboxylic acids is 2. The van der Waals surface area contributed by atoms with E-state index in [1.54, 1.807) is 13.8 Å². The molecule has 0 atom stereocenters.